The highest BCUT2D eigenvalue weighted by Gasteiger charge is 2.35. The van der Waals surface area contributed by atoms with E-state index in [0.717, 1.165) is 4.90 Å². The van der Waals surface area contributed by atoms with Crippen molar-refractivity contribution < 1.29 is 27.6 Å². The molecule has 1 amide bonds. The van der Waals surface area contributed by atoms with Gasteiger partial charge in [-0.3, -0.25) is 4.79 Å². The number of fused-ring (bicyclic) bond motifs is 1. The molecule has 0 aromatic heterocycles. The van der Waals surface area contributed by atoms with Gasteiger partial charge in [-0.25, -0.2) is 8.42 Å². The van der Waals surface area contributed by atoms with Gasteiger partial charge in [-0.05, 0) is 39.8 Å². The molecule has 2 aliphatic rings. The Morgan fingerprint density at radius 3 is 2.36 bits per heavy atom. The smallest absolute Gasteiger partial charge is 0.278 e. The van der Waals surface area contributed by atoms with Gasteiger partial charge >= 0.3 is 0 Å². The second kappa shape index (κ2) is 7.88. The van der Waals surface area contributed by atoms with Crippen LogP contribution in [0.3, 0.4) is 0 Å². The van der Waals surface area contributed by atoms with Gasteiger partial charge in [0.2, 0.25) is 10.0 Å². The van der Waals surface area contributed by atoms with E-state index in [1.165, 1.54) is 10.4 Å². The molecule has 2 heterocycles. The van der Waals surface area contributed by atoms with E-state index in [9.17, 15) is 13.2 Å². The zero-order chi connectivity index (χ0) is 20.5. The maximum absolute atomic E-state index is 13.0. The Bertz CT molecular complexity index is 826. The number of rotatable bonds is 4. The zero-order valence-corrected chi connectivity index (χ0v) is 17.8. The second-order valence-electron chi connectivity index (χ2n) is 8.33. The minimum absolute atomic E-state index is 0.00866. The first-order valence-electron chi connectivity index (χ1n) is 9.64. The predicted molar refractivity (Wildman–Crippen MR) is 104 cm³/mol. The van der Waals surface area contributed by atoms with E-state index in [0.29, 0.717) is 50.9 Å². The average Bonchev–Trinajstić information content (AvgIpc) is 2.65. The number of benzene rings is 1. The molecule has 0 aliphatic carbocycles. The number of carbonyl (C=O) groups is 1. The first kappa shape index (κ1) is 20.9. The molecule has 1 fully saturated rings. The van der Waals surface area contributed by atoms with Crippen molar-refractivity contribution in [2.75, 3.05) is 39.4 Å². The lowest BCUT2D eigenvalue weighted by molar-refractivity contribution is -0.917. The molecule has 2 N–H and O–H groups in total. The van der Waals surface area contributed by atoms with Gasteiger partial charge in [0.15, 0.2) is 17.5 Å². The summed E-state index contributed by atoms with van der Waals surface area (Å²) in [6.45, 7) is 10.5. The normalized spacial score (nSPS) is 19.9. The molecule has 2 aliphatic heterocycles. The van der Waals surface area contributed by atoms with Crippen LogP contribution in [0.2, 0.25) is 0 Å². The summed E-state index contributed by atoms with van der Waals surface area (Å²) >= 11 is 0. The fourth-order valence-corrected chi connectivity index (χ4v) is 4.90. The van der Waals surface area contributed by atoms with Crippen LogP contribution in [0.5, 0.6) is 11.5 Å². The summed E-state index contributed by atoms with van der Waals surface area (Å²) in [5.74, 6) is 1.02. The number of hydrogen-bond acceptors (Lipinski definition) is 5. The van der Waals surface area contributed by atoms with Gasteiger partial charge in [-0.1, -0.05) is 0 Å². The van der Waals surface area contributed by atoms with Gasteiger partial charge in [0.1, 0.15) is 13.2 Å². The fraction of sp³-hybridized carbons (Fsp3) is 0.632. The molecule has 0 spiro atoms. The number of nitrogens with one attached hydrogen (secondary N) is 2. The van der Waals surface area contributed by atoms with Crippen LogP contribution in [-0.4, -0.2) is 69.6 Å². The van der Waals surface area contributed by atoms with Gasteiger partial charge in [0.25, 0.3) is 5.91 Å². The maximum Gasteiger partial charge on any atom is 0.278 e. The van der Waals surface area contributed by atoms with E-state index in [2.05, 4.69) is 5.32 Å². The number of quaternary nitrogens is 1. The highest BCUT2D eigenvalue weighted by molar-refractivity contribution is 7.89. The molecule has 0 unspecified atom stereocenters. The molecule has 28 heavy (non-hydrogen) atoms. The lowest BCUT2D eigenvalue weighted by Crippen LogP contribution is -3.19. The van der Waals surface area contributed by atoms with Crippen molar-refractivity contribution in [3.8, 4) is 11.5 Å². The predicted octanol–water partition coefficient (Wildman–Crippen LogP) is -0.350. The Labute approximate surface area is 166 Å². The van der Waals surface area contributed by atoms with Crippen LogP contribution < -0.4 is 19.7 Å². The Morgan fingerprint density at radius 1 is 1.14 bits per heavy atom. The molecule has 1 atom stereocenters. The lowest BCUT2D eigenvalue weighted by Gasteiger charge is -2.35. The molecule has 1 saturated heterocycles. The van der Waals surface area contributed by atoms with E-state index in [1.54, 1.807) is 12.1 Å². The summed E-state index contributed by atoms with van der Waals surface area (Å²) in [4.78, 5) is 13.7. The van der Waals surface area contributed by atoms with Crippen molar-refractivity contribution in [2.24, 2.45) is 0 Å². The summed E-state index contributed by atoms with van der Waals surface area (Å²) in [6.07, 6.45) is 0. The van der Waals surface area contributed by atoms with Crippen LogP contribution in [0.25, 0.3) is 0 Å². The van der Waals surface area contributed by atoms with Crippen molar-refractivity contribution in [2.45, 2.75) is 44.2 Å². The molecule has 0 bridgehead atoms. The maximum atomic E-state index is 13.0. The Morgan fingerprint density at radius 2 is 1.75 bits per heavy atom. The summed E-state index contributed by atoms with van der Waals surface area (Å²) in [5, 5.41) is 3.00. The van der Waals surface area contributed by atoms with Crippen LogP contribution in [-0.2, 0) is 14.8 Å². The van der Waals surface area contributed by atoms with Crippen LogP contribution in [0.4, 0.5) is 0 Å². The van der Waals surface area contributed by atoms with E-state index >= 15 is 0 Å². The Balaban J connectivity index is 1.64. The number of sulfonamides is 1. The van der Waals surface area contributed by atoms with Crippen LogP contribution >= 0.6 is 0 Å². The molecule has 156 valence electrons. The Kier molecular flexibility index (Phi) is 5.88. The zero-order valence-electron chi connectivity index (χ0n) is 16.9. The summed E-state index contributed by atoms with van der Waals surface area (Å²) in [5.41, 5.74) is -0.284. The van der Waals surface area contributed by atoms with Crippen molar-refractivity contribution in [1.82, 2.24) is 9.62 Å². The van der Waals surface area contributed by atoms with E-state index in [-0.39, 0.29) is 22.4 Å². The topological polar surface area (TPSA) is 89.4 Å². The average molecular weight is 413 g/mol. The number of ether oxygens (including phenoxy) is 2. The van der Waals surface area contributed by atoms with Gasteiger partial charge in [0.05, 0.1) is 31.1 Å². The van der Waals surface area contributed by atoms with Crippen molar-refractivity contribution >= 4 is 15.9 Å². The minimum atomic E-state index is -3.61. The first-order chi connectivity index (χ1) is 13.1. The van der Waals surface area contributed by atoms with Crippen LogP contribution in [0, 0.1) is 0 Å². The van der Waals surface area contributed by atoms with Gasteiger partial charge in [-0.2, -0.15) is 4.31 Å². The number of nitrogens with zero attached hydrogens (tertiary/aromatic N) is 1. The third-order valence-corrected chi connectivity index (χ3v) is 6.91. The molecule has 9 heteroatoms. The molecule has 0 saturated carbocycles. The number of amides is 1. The molecule has 1 aromatic rings. The Hall–Kier alpha value is -1.84. The lowest BCUT2D eigenvalue weighted by atomic mass is 10.1. The first-order valence-corrected chi connectivity index (χ1v) is 11.1. The van der Waals surface area contributed by atoms with Gasteiger partial charge in [-0.15, -0.1) is 0 Å². The molecule has 3 rings (SSSR count). The largest absolute Gasteiger partial charge is 0.486 e. The molecule has 1 aromatic carbocycles. The van der Waals surface area contributed by atoms with E-state index in [1.807, 2.05) is 27.7 Å². The number of hydrogen-bond donors (Lipinski definition) is 2. The van der Waals surface area contributed by atoms with E-state index < -0.39 is 10.0 Å². The molecular weight excluding hydrogens is 382 g/mol. The van der Waals surface area contributed by atoms with Gasteiger partial charge in [0, 0.05) is 11.6 Å². The van der Waals surface area contributed by atoms with Gasteiger partial charge < -0.3 is 19.7 Å². The van der Waals surface area contributed by atoms with Crippen molar-refractivity contribution in [3.63, 3.8) is 0 Å². The summed E-state index contributed by atoms with van der Waals surface area (Å²) in [6, 6.07) is 4.50. The molecule has 0 radical (unpaired) electrons. The monoisotopic (exact) mass is 412 g/mol. The van der Waals surface area contributed by atoms with Crippen molar-refractivity contribution in [3.05, 3.63) is 18.2 Å². The third kappa shape index (κ3) is 4.59. The highest BCUT2D eigenvalue weighted by atomic mass is 32.2. The second-order valence-corrected chi connectivity index (χ2v) is 10.3. The van der Waals surface area contributed by atoms with Crippen LogP contribution in [0.15, 0.2) is 23.1 Å². The van der Waals surface area contributed by atoms with Crippen molar-refractivity contribution in [1.29, 1.82) is 0 Å². The van der Waals surface area contributed by atoms with Crippen LogP contribution in [0.1, 0.15) is 27.7 Å². The SMILES string of the molecule is C[C@@H](C(=O)NC(C)(C)C)[NH+]1CCN(S(=O)(=O)c2ccc3c(c2)OCCO3)CC1. The number of piperazine rings is 1. The minimum Gasteiger partial charge on any atom is -0.486 e. The highest BCUT2D eigenvalue weighted by Crippen LogP contribution is 2.33. The summed E-state index contributed by atoms with van der Waals surface area (Å²) < 4.78 is 38.5. The third-order valence-electron chi connectivity index (χ3n) is 5.02. The number of carbonyl (C=O) groups excluding carboxylic acids is 1. The summed E-state index contributed by atoms with van der Waals surface area (Å²) in [7, 11) is -3.61. The van der Waals surface area contributed by atoms with E-state index in [4.69, 9.17) is 9.47 Å². The fourth-order valence-electron chi connectivity index (χ4n) is 3.44. The quantitative estimate of drug-likeness (QED) is 0.706. The molecule has 8 nitrogen and oxygen atoms in total. The standard InChI is InChI=1S/C19H29N3O5S/c1-14(18(23)20-19(2,3)4)21-7-9-22(10-8-21)28(24,25)15-5-6-16-17(13-15)27-12-11-26-16/h5-6,13-14H,7-12H2,1-4H3,(H,20,23)/p+1/t14-/m0/s1. The molecular formula is C19H30N3O5S+.